The van der Waals surface area contributed by atoms with Crippen molar-refractivity contribution in [3.8, 4) is 11.8 Å². The standard InChI is InChI=1S/C24H20F6N6O2S/c25-23(26,27)15-9-14(10-17(11-15)39(31,37)38)12-32-21-34-18-6-5-16(4-3-13-1-2-13)33-19(18)20(35-21)36-22(7-8-22)24(28,29)30/h5-6,9-11,13H,1-2,7-8,12H2,(H2,31,37,38)(H2,32,34,35,36). The quantitative estimate of drug-likeness (QED) is 0.293. The summed E-state index contributed by atoms with van der Waals surface area (Å²) in [6.45, 7) is -0.389. The van der Waals surface area contributed by atoms with Crippen LogP contribution in [-0.2, 0) is 22.7 Å². The van der Waals surface area contributed by atoms with Crippen molar-refractivity contribution in [2.24, 2.45) is 11.1 Å². The molecule has 0 saturated heterocycles. The Morgan fingerprint density at radius 2 is 1.74 bits per heavy atom. The van der Waals surface area contributed by atoms with Gasteiger partial charge in [-0.3, -0.25) is 0 Å². The molecule has 0 aliphatic heterocycles. The maximum Gasteiger partial charge on any atom is 0.416 e. The van der Waals surface area contributed by atoms with Crippen LogP contribution in [0.1, 0.15) is 42.5 Å². The zero-order valence-electron chi connectivity index (χ0n) is 19.9. The second kappa shape index (κ2) is 9.23. The molecule has 2 heterocycles. The molecule has 206 valence electrons. The number of aromatic nitrogens is 3. The topological polar surface area (TPSA) is 123 Å². The van der Waals surface area contributed by atoms with E-state index in [2.05, 4.69) is 37.4 Å². The van der Waals surface area contributed by atoms with Gasteiger partial charge in [0, 0.05) is 12.5 Å². The van der Waals surface area contributed by atoms with E-state index in [1.54, 1.807) is 6.07 Å². The van der Waals surface area contributed by atoms with Crippen LogP contribution >= 0.6 is 0 Å². The number of halogens is 6. The molecule has 2 fully saturated rings. The van der Waals surface area contributed by atoms with E-state index in [1.165, 1.54) is 6.07 Å². The number of hydrogen-bond acceptors (Lipinski definition) is 7. The number of rotatable bonds is 6. The Hall–Kier alpha value is -3.64. The fourth-order valence-corrected chi connectivity index (χ4v) is 4.36. The monoisotopic (exact) mass is 570 g/mol. The van der Waals surface area contributed by atoms with Crippen molar-refractivity contribution in [2.45, 2.75) is 55.0 Å². The van der Waals surface area contributed by atoms with Crippen molar-refractivity contribution in [3.63, 3.8) is 0 Å². The van der Waals surface area contributed by atoms with Gasteiger partial charge >= 0.3 is 12.4 Å². The number of sulfonamides is 1. The number of pyridine rings is 1. The number of primary sulfonamides is 1. The van der Waals surface area contributed by atoms with Crippen molar-refractivity contribution in [2.75, 3.05) is 10.6 Å². The minimum absolute atomic E-state index is 0.0502. The molecule has 0 atom stereocenters. The van der Waals surface area contributed by atoms with Gasteiger partial charge in [0.05, 0.1) is 16.0 Å². The van der Waals surface area contributed by atoms with Gasteiger partial charge in [0.25, 0.3) is 0 Å². The highest BCUT2D eigenvalue weighted by molar-refractivity contribution is 7.89. The summed E-state index contributed by atoms with van der Waals surface area (Å²) in [5, 5.41) is 10.1. The minimum Gasteiger partial charge on any atom is -0.354 e. The molecule has 0 radical (unpaired) electrons. The molecule has 1 aromatic carbocycles. The molecule has 15 heteroatoms. The Morgan fingerprint density at radius 3 is 2.33 bits per heavy atom. The van der Waals surface area contributed by atoms with E-state index in [9.17, 15) is 34.8 Å². The lowest BCUT2D eigenvalue weighted by molar-refractivity contribution is -0.151. The predicted octanol–water partition coefficient (Wildman–Crippen LogP) is 4.57. The molecular weight excluding hydrogens is 550 g/mol. The van der Waals surface area contributed by atoms with Gasteiger partial charge in [-0.25, -0.2) is 23.5 Å². The third kappa shape index (κ3) is 6.01. The molecule has 8 nitrogen and oxygen atoms in total. The smallest absolute Gasteiger partial charge is 0.354 e. The summed E-state index contributed by atoms with van der Waals surface area (Å²) in [4.78, 5) is 12.0. The zero-order chi connectivity index (χ0) is 28.2. The fourth-order valence-electron chi connectivity index (χ4n) is 3.76. The van der Waals surface area contributed by atoms with Gasteiger partial charge in [0.2, 0.25) is 16.0 Å². The van der Waals surface area contributed by atoms with Crippen LogP contribution < -0.4 is 15.8 Å². The Balaban J connectivity index is 1.50. The molecule has 2 aliphatic carbocycles. The molecule has 3 aromatic rings. The predicted molar refractivity (Wildman–Crippen MR) is 129 cm³/mol. The van der Waals surface area contributed by atoms with Crippen LogP contribution in [0.25, 0.3) is 11.0 Å². The Kier molecular flexibility index (Phi) is 6.38. The van der Waals surface area contributed by atoms with Crippen molar-refractivity contribution in [1.82, 2.24) is 15.0 Å². The Morgan fingerprint density at radius 1 is 1.03 bits per heavy atom. The highest BCUT2D eigenvalue weighted by Gasteiger charge is 2.64. The molecule has 0 bridgehead atoms. The van der Waals surface area contributed by atoms with Crippen LogP contribution in [0.2, 0.25) is 0 Å². The first-order chi connectivity index (χ1) is 18.1. The lowest BCUT2D eigenvalue weighted by Crippen LogP contribution is -2.39. The number of benzene rings is 1. The van der Waals surface area contributed by atoms with Gasteiger partial charge in [-0.05, 0) is 67.5 Å². The third-order valence-corrected chi connectivity index (χ3v) is 7.14. The average molecular weight is 571 g/mol. The molecule has 0 amide bonds. The second-order valence-electron chi connectivity index (χ2n) is 9.47. The normalized spacial score (nSPS) is 16.9. The average Bonchev–Trinajstić information content (AvgIpc) is 3.76. The zero-order valence-corrected chi connectivity index (χ0v) is 20.7. The molecule has 39 heavy (non-hydrogen) atoms. The number of anilines is 2. The van der Waals surface area contributed by atoms with E-state index < -0.39 is 38.4 Å². The van der Waals surface area contributed by atoms with E-state index in [-0.39, 0.29) is 53.7 Å². The second-order valence-corrected chi connectivity index (χ2v) is 11.0. The van der Waals surface area contributed by atoms with Crippen LogP contribution in [0, 0.1) is 17.8 Å². The van der Waals surface area contributed by atoms with Gasteiger partial charge in [-0.1, -0.05) is 5.92 Å². The summed E-state index contributed by atoms with van der Waals surface area (Å²) in [5.74, 6) is 5.76. The van der Waals surface area contributed by atoms with Crippen molar-refractivity contribution in [3.05, 3.63) is 47.2 Å². The summed E-state index contributed by atoms with van der Waals surface area (Å²) in [5.41, 5.74) is -3.00. The first-order valence-corrected chi connectivity index (χ1v) is 13.2. The van der Waals surface area contributed by atoms with Crippen LogP contribution in [-0.4, -0.2) is 35.1 Å². The maximum absolute atomic E-state index is 13.7. The first-order valence-electron chi connectivity index (χ1n) is 11.7. The van der Waals surface area contributed by atoms with Crippen LogP contribution in [0.4, 0.5) is 38.1 Å². The molecule has 2 aliphatic rings. The number of nitrogens with zero attached hydrogens (tertiary/aromatic N) is 3. The summed E-state index contributed by atoms with van der Waals surface area (Å²) >= 11 is 0. The number of alkyl halides is 6. The lowest BCUT2D eigenvalue weighted by atomic mass is 10.1. The fraction of sp³-hybridized carbons (Fsp3) is 0.375. The maximum atomic E-state index is 13.7. The Labute approximate surface area is 218 Å². The number of hydrogen-bond donors (Lipinski definition) is 3. The molecule has 4 N–H and O–H groups in total. The van der Waals surface area contributed by atoms with Crippen molar-refractivity contribution < 1.29 is 34.8 Å². The van der Waals surface area contributed by atoms with Gasteiger partial charge in [0.15, 0.2) is 5.82 Å². The van der Waals surface area contributed by atoms with E-state index in [1.807, 2.05) is 0 Å². The van der Waals surface area contributed by atoms with Crippen LogP contribution in [0.15, 0.2) is 35.2 Å². The van der Waals surface area contributed by atoms with E-state index in [0.717, 1.165) is 25.0 Å². The lowest BCUT2D eigenvalue weighted by Gasteiger charge is -2.22. The first kappa shape index (κ1) is 26.9. The number of fused-ring (bicyclic) bond motifs is 1. The van der Waals surface area contributed by atoms with Crippen molar-refractivity contribution >= 4 is 32.8 Å². The minimum atomic E-state index is -4.85. The van der Waals surface area contributed by atoms with E-state index in [0.29, 0.717) is 11.8 Å². The van der Waals surface area contributed by atoms with Crippen LogP contribution in [0.5, 0.6) is 0 Å². The Bertz CT molecular complexity index is 1620. The van der Waals surface area contributed by atoms with Gasteiger partial charge in [-0.15, -0.1) is 0 Å². The highest BCUT2D eigenvalue weighted by atomic mass is 32.2. The molecule has 2 aromatic heterocycles. The van der Waals surface area contributed by atoms with Crippen molar-refractivity contribution in [1.29, 1.82) is 0 Å². The molecule has 0 unspecified atom stereocenters. The molecule has 0 spiro atoms. The van der Waals surface area contributed by atoms with Crippen LogP contribution in [0.3, 0.4) is 0 Å². The highest BCUT2D eigenvalue weighted by Crippen LogP contribution is 2.51. The molecule has 5 rings (SSSR count). The summed E-state index contributed by atoms with van der Waals surface area (Å²) in [6.07, 6.45) is -7.81. The third-order valence-electron chi connectivity index (χ3n) is 6.25. The van der Waals surface area contributed by atoms with Gasteiger partial charge in [-0.2, -0.15) is 31.3 Å². The SMILES string of the molecule is NS(=O)(=O)c1cc(CNc2nc(NC3(C(F)(F)F)CC3)c3nc(C#CC4CC4)ccc3n2)cc(C(F)(F)F)c1. The largest absolute Gasteiger partial charge is 0.416 e. The summed E-state index contributed by atoms with van der Waals surface area (Å²) in [7, 11) is -4.46. The van der Waals surface area contributed by atoms with E-state index in [4.69, 9.17) is 5.14 Å². The summed E-state index contributed by atoms with van der Waals surface area (Å²) in [6, 6.07) is 5.15. The number of nitrogens with one attached hydrogen (secondary N) is 2. The van der Waals surface area contributed by atoms with Gasteiger partial charge in [0.1, 0.15) is 16.7 Å². The van der Waals surface area contributed by atoms with E-state index >= 15 is 0 Å². The number of nitrogens with two attached hydrogens (primary N) is 1. The summed E-state index contributed by atoms with van der Waals surface area (Å²) < 4.78 is 104. The molecular formula is C24H20F6N6O2S. The van der Waals surface area contributed by atoms with Gasteiger partial charge < -0.3 is 10.6 Å². The molecule has 2 saturated carbocycles.